The molecule has 1 aliphatic rings. The first kappa shape index (κ1) is 20.3. The van der Waals surface area contributed by atoms with Crippen LogP contribution in [0.2, 0.25) is 0 Å². The van der Waals surface area contributed by atoms with Gasteiger partial charge in [-0.1, -0.05) is 18.7 Å². The van der Waals surface area contributed by atoms with E-state index >= 15 is 0 Å². The molecular formula is C21H18F3N3O2S. The lowest BCUT2D eigenvalue weighted by Crippen LogP contribution is -2.08. The number of nitrogens with zero attached hydrogens (tertiary/aromatic N) is 3. The van der Waals surface area contributed by atoms with E-state index in [0.29, 0.717) is 5.56 Å². The molecule has 0 fully saturated rings. The van der Waals surface area contributed by atoms with Gasteiger partial charge in [-0.05, 0) is 61.1 Å². The van der Waals surface area contributed by atoms with Crippen molar-refractivity contribution in [2.24, 2.45) is 0 Å². The van der Waals surface area contributed by atoms with Crippen molar-refractivity contribution in [2.75, 3.05) is 0 Å². The molecule has 4 rings (SSSR count). The van der Waals surface area contributed by atoms with Gasteiger partial charge in [-0.25, -0.2) is 18.1 Å². The van der Waals surface area contributed by atoms with Crippen molar-refractivity contribution in [1.82, 2.24) is 14.8 Å². The van der Waals surface area contributed by atoms with E-state index in [2.05, 4.69) is 16.7 Å². The van der Waals surface area contributed by atoms with Crippen molar-refractivity contribution in [3.05, 3.63) is 71.4 Å². The molecule has 5 nitrogen and oxygen atoms in total. The second kappa shape index (κ2) is 7.39. The molecule has 2 heterocycles. The molecule has 0 N–H and O–H groups in total. The summed E-state index contributed by atoms with van der Waals surface area (Å²) in [6.45, 7) is 3.25. The first-order chi connectivity index (χ1) is 14.2. The highest BCUT2D eigenvalue weighted by atomic mass is 32.2. The molecule has 156 valence electrons. The van der Waals surface area contributed by atoms with Gasteiger partial charge in [0.2, 0.25) is 9.84 Å². The van der Waals surface area contributed by atoms with E-state index in [9.17, 15) is 21.6 Å². The number of aromatic nitrogens is 3. The third-order valence-corrected chi connectivity index (χ3v) is 6.47. The summed E-state index contributed by atoms with van der Waals surface area (Å²) in [5.74, 6) is 0.0845. The zero-order chi connectivity index (χ0) is 21.5. The number of sulfone groups is 1. The third-order valence-electron chi connectivity index (χ3n) is 5.13. The van der Waals surface area contributed by atoms with Crippen LogP contribution >= 0.6 is 0 Å². The summed E-state index contributed by atoms with van der Waals surface area (Å²) >= 11 is 0. The second-order valence-corrected chi connectivity index (χ2v) is 8.97. The molecule has 0 saturated carbocycles. The summed E-state index contributed by atoms with van der Waals surface area (Å²) < 4.78 is 65.0. The highest BCUT2D eigenvalue weighted by Crippen LogP contribution is 2.34. The Morgan fingerprint density at radius 1 is 1.03 bits per heavy atom. The topological polar surface area (TPSA) is 64.8 Å². The molecule has 0 spiro atoms. The minimum Gasteiger partial charge on any atom is -0.236 e. The van der Waals surface area contributed by atoms with Crippen LogP contribution in [0.5, 0.6) is 0 Å². The second-order valence-electron chi connectivity index (χ2n) is 7.08. The summed E-state index contributed by atoms with van der Waals surface area (Å²) in [7, 11) is -3.70. The van der Waals surface area contributed by atoms with E-state index in [1.807, 2.05) is 12.1 Å². The van der Waals surface area contributed by atoms with Crippen LogP contribution < -0.4 is 0 Å². The largest absolute Gasteiger partial charge is 0.435 e. The number of aryl methyl sites for hydroxylation is 2. The minimum absolute atomic E-state index is 0.0845. The Morgan fingerprint density at radius 3 is 2.40 bits per heavy atom. The Balaban J connectivity index is 1.84. The number of pyridine rings is 1. The van der Waals surface area contributed by atoms with Gasteiger partial charge in [-0.15, -0.1) is 0 Å². The SMILES string of the molecule is C=CS(=O)(=O)c1ccc(-n2nc(C(F)(F)F)cc2-c2ccc3c(c2)CCCC3)nc1. The van der Waals surface area contributed by atoms with Crippen LogP contribution in [0.3, 0.4) is 0 Å². The summed E-state index contributed by atoms with van der Waals surface area (Å²) in [6, 6.07) is 9.21. The predicted octanol–water partition coefficient (Wildman–Crippen LogP) is 4.75. The molecule has 0 unspecified atom stereocenters. The molecular weight excluding hydrogens is 415 g/mol. The van der Waals surface area contributed by atoms with Crippen LogP contribution in [0.25, 0.3) is 17.1 Å². The first-order valence-electron chi connectivity index (χ1n) is 9.32. The van der Waals surface area contributed by atoms with Crippen LogP contribution in [-0.4, -0.2) is 23.2 Å². The Labute approximate surface area is 171 Å². The Bertz CT molecular complexity index is 1210. The van der Waals surface area contributed by atoms with Crippen LogP contribution in [0.1, 0.15) is 29.7 Å². The number of rotatable bonds is 4. The van der Waals surface area contributed by atoms with Crippen molar-refractivity contribution in [2.45, 2.75) is 36.8 Å². The molecule has 0 bridgehead atoms. The molecule has 1 aromatic carbocycles. The maximum absolute atomic E-state index is 13.4. The summed E-state index contributed by atoms with van der Waals surface area (Å²) in [5, 5.41) is 4.50. The minimum atomic E-state index is -4.62. The van der Waals surface area contributed by atoms with Gasteiger partial charge in [-0.3, -0.25) is 0 Å². The molecule has 2 aromatic heterocycles. The van der Waals surface area contributed by atoms with E-state index in [1.54, 1.807) is 6.07 Å². The summed E-state index contributed by atoms with van der Waals surface area (Å²) in [5.41, 5.74) is 2.13. The zero-order valence-corrected chi connectivity index (χ0v) is 16.7. The molecule has 0 saturated heterocycles. The molecule has 0 radical (unpaired) electrons. The maximum Gasteiger partial charge on any atom is 0.435 e. The highest BCUT2D eigenvalue weighted by Gasteiger charge is 2.35. The smallest absolute Gasteiger partial charge is 0.236 e. The molecule has 0 amide bonds. The van der Waals surface area contributed by atoms with Crippen LogP contribution in [0.4, 0.5) is 13.2 Å². The number of benzene rings is 1. The van der Waals surface area contributed by atoms with Crippen LogP contribution in [0, 0.1) is 0 Å². The zero-order valence-electron chi connectivity index (χ0n) is 15.9. The van der Waals surface area contributed by atoms with Gasteiger partial charge < -0.3 is 0 Å². The molecule has 30 heavy (non-hydrogen) atoms. The Kier molecular flexibility index (Phi) is 5.01. The molecule has 9 heteroatoms. The normalized spacial score (nSPS) is 14.4. The highest BCUT2D eigenvalue weighted by molar-refractivity contribution is 7.94. The van der Waals surface area contributed by atoms with Crippen molar-refractivity contribution < 1.29 is 21.6 Å². The summed E-state index contributed by atoms with van der Waals surface area (Å²) in [6.07, 6.45) is 0.453. The van der Waals surface area contributed by atoms with Gasteiger partial charge in [0, 0.05) is 17.2 Å². The van der Waals surface area contributed by atoms with E-state index in [0.717, 1.165) is 53.6 Å². The standard InChI is InChI=1S/C21H18F3N3O2S/c1-2-30(28,29)17-9-10-20(25-13-17)27-18(12-19(26-27)21(22,23)24)16-8-7-14-5-3-4-6-15(14)11-16/h2,7-13H,1,3-6H2. The predicted molar refractivity (Wildman–Crippen MR) is 106 cm³/mol. The molecule has 0 atom stereocenters. The van der Waals surface area contributed by atoms with E-state index in [-0.39, 0.29) is 16.4 Å². The van der Waals surface area contributed by atoms with Gasteiger partial charge in [0.05, 0.1) is 10.6 Å². The maximum atomic E-state index is 13.4. The third kappa shape index (κ3) is 3.77. The van der Waals surface area contributed by atoms with E-state index in [1.165, 1.54) is 17.7 Å². The number of halogens is 3. The monoisotopic (exact) mass is 433 g/mol. The van der Waals surface area contributed by atoms with Crippen molar-refractivity contribution >= 4 is 9.84 Å². The van der Waals surface area contributed by atoms with Crippen LogP contribution in [-0.2, 0) is 28.9 Å². The van der Waals surface area contributed by atoms with Crippen molar-refractivity contribution in [3.8, 4) is 17.1 Å². The fourth-order valence-electron chi connectivity index (χ4n) is 3.55. The molecule has 3 aromatic rings. The lowest BCUT2D eigenvalue weighted by molar-refractivity contribution is -0.141. The Morgan fingerprint density at radius 2 is 1.77 bits per heavy atom. The molecule has 0 aliphatic heterocycles. The fraction of sp³-hybridized carbons (Fsp3) is 0.238. The number of fused-ring (bicyclic) bond motifs is 1. The average molecular weight is 433 g/mol. The van der Waals surface area contributed by atoms with Crippen molar-refractivity contribution in [3.63, 3.8) is 0 Å². The number of alkyl halides is 3. The van der Waals surface area contributed by atoms with Crippen molar-refractivity contribution in [1.29, 1.82) is 0 Å². The fourth-order valence-corrected chi connectivity index (χ4v) is 4.20. The van der Waals surface area contributed by atoms with Crippen LogP contribution in [0.15, 0.2) is 59.5 Å². The Hall–Kier alpha value is -2.94. The number of hydrogen-bond donors (Lipinski definition) is 0. The van der Waals surface area contributed by atoms with E-state index in [4.69, 9.17) is 0 Å². The lowest BCUT2D eigenvalue weighted by Gasteiger charge is -2.17. The van der Waals surface area contributed by atoms with Gasteiger partial charge in [0.15, 0.2) is 11.5 Å². The molecule has 1 aliphatic carbocycles. The quantitative estimate of drug-likeness (QED) is 0.596. The first-order valence-corrected chi connectivity index (χ1v) is 10.9. The van der Waals surface area contributed by atoms with Gasteiger partial charge in [-0.2, -0.15) is 18.3 Å². The summed E-state index contributed by atoms with van der Waals surface area (Å²) in [4.78, 5) is 3.94. The van der Waals surface area contributed by atoms with E-state index < -0.39 is 21.7 Å². The van der Waals surface area contributed by atoms with Gasteiger partial charge in [0.1, 0.15) is 0 Å². The van der Waals surface area contributed by atoms with Gasteiger partial charge >= 0.3 is 6.18 Å². The lowest BCUT2D eigenvalue weighted by atomic mass is 9.90. The average Bonchev–Trinajstić information content (AvgIpc) is 3.19. The number of hydrogen-bond acceptors (Lipinski definition) is 4. The van der Waals surface area contributed by atoms with Gasteiger partial charge in [0.25, 0.3) is 0 Å².